The van der Waals surface area contributed by atoms with Crippen molar-refractivity contribution in [3.8, 4) is 11.5 Å². The maximum absolute atomic E-state index is 12.9. The molecule has 0 heterocycles. The molecular formula is C27H29N3O6. The van der Waals surface area contributed by atoms with Crippen LogP contribution in [0.1, 0.15) is 58.8 Å². The van der Waals surface area contributed by atoms with E-state index in [1.54, 1.807) is 38.1 Å². The molecular weight excluding hydrogens is 462 g/mol. The molecule has 0 bridgehead atoms. The van der Waals surface area contributed by atoms with E-state index in [0.717, 1.165) is 0 Å². The summed E-state index contributed by atoms with van der Waals surface area (Å²) >= 11 is 0. The average Bonchev–Trinajstić information content (AvgIpc) is 2.79. The highest BCUT2D eigenvalue weighted by Crippen LogP contribution is 2.30. The number of nitrogens with two attached hydrogens (primary N) is 1. The molecule has 188 valence electrons. The van der Waals surface area contributed by atoms with E-state index in [2.05, 4.69) is 10.6 Å². The van der Waals surface area contributed by atoms with Gasteiger partial charge in [0, 0.05) is 23.0 Å². The molecule has 0 aromatic heterocycles. The fourth-order valence-electron chi connectivity index (χ4n) is 3.21. The number of esters is 1. The van der Waals surface area contributed by atoms with Crippen molar-refractivity contribution in [1.29, 1.82) is 0 Å². The molecule has 3 rings (SSSR count). The van der Waals surface area contributed by atoms with E-state index < -0.39 is 17.8 Å². The zero-order chi connectivity index (χ0) is 26.4. The van der Waals surface area contributed by atoms with E-state index in [1.807, 2.05) is 13.8 Å². The number of rotatable bonds is 8. The lowest BCUT2D eigenvalue weighted by atomic mass is 10.1. The first-order valence-electron chi connectivity index (χ1n) is 11.4. The summed E-state index contributed by atoms with van der Waals surface area (Å²) in [7, 11) is 0. The van der Waals surface area contributed by atoms with Gasteiger partial charge in [-0.2, -0.15) is 0 Å². The second-order valence-corrected chi connectivity index (χ2v) is 8.59. The van der Waals surface area contributed by atoms with Crippen molar-refractivity contribution in [2.75, 3.05) is 16.4 Å². The first-order valence-corrected chi connectivity index (χ1v) is 11.4. The van der Waals surface area contributed by atoms with E-state index in [-0.39, 0.29) is 34.8 Å². The van der Waals surface area contributed by atoms with Crippen molar-refractivity contribution in [2.45, 2.75) is 39.9 Å². The number of anilines is 3. The van der Waals surface area contributed by atoms with Gasteiger partial charge >= 0.3 is 5.97 Å². The lowest BCUT2D eigenvalue weighted by molar-refractivity contribution is 0.0377. The number of benzene rings is 3. The highest BCUT2D eigenvalue weighted by atomic mass is 16.5. The highest BCUT2D eigenvalue weighted by molar-refractivity contribution is 6.08. The molecule has 0 aliphatic carbocycles. The molecule has 0 unspecified atom stereocenters. The fourth-order valence-corrected chi connectivity index (χ4v) is 3.21. The van der Waals surface area contributed by atoms with Crippen LogP contribution in [0.2, 0.25) is 0 Å². The van der Waals surface area contributed by atoms with Crippen LogP contribution in [0, 0.1) is 0 Å². The Labute approximate surface area is 209 Å². The predicted molar refractivity (Wildman–Crippen MR) is 138 cm³/mol. The molecule has 3 aromatic carbocycles. The molecule has 0 aliphatic rings. The number of amides is 2. The smallest absolute Gasteiger partial charge is 0.338 e. The van der Waals surface area contributed by atoms with Gasteiger partial charge in [0.05, 0.1) is 29.0 Å². The van der Waals surface area contributed by atoms with Crippen LogP contribution >= 0.6 is 0 Å². The summed E-state index contributed by atoms with van der Waals surface area (Å²) < 4.78 is 11.0. The van der Waals surface area contributed by atoms with Crippen LogP contribution in [0.3, 0.4) is 0 Å². The van der Waals surface area contributed by atoms with Gasteiger partial charge in [-0.15, -0.1) is 0 Å². The molecule has 0 saturated carbocycles. The van der Waals surface area contributed by atoms with E-state index in [0.29, 0.717) is 22.6 Å². The lowest BCUT2D eigenvalue weighted by Crippen LogP contribution is -2.17. The van der Waals surface area contributed by atoms with E-state index in [4.69, 9.17) is 15.2 Å². The number of carbonyl (C=O) groups is 3. The second-order valence-electron chi connectivity index (χ2n) is 8.59. The van der Waals surface area contributed by atoms with Gasteiger partial charge in [0.1, 0.15) is 11.5 Å². The van der Waals surface area contributed by atoms with Crippen LogP contribution < -0.4 is 21.1 Å². The Bertz CT molecular complexity index is 1270. The SMILES string of the molecule is CC(C)OC(=O)c1ccc(NC(=O)c2ccc(NC(=O)c3ccc(N)cc3)cc2O)c(OC(C)C)c1. The first-order chi connectivity index (χ1) is 17.0. The number of aromatic hydroxyl groups is 1. The number of hydrogen-bond acceptors (Lipinski definition) is 7. The van der Waals surface area contributed by atoms with Crippen LogP contribution in [0.15, 0.2) is 60.7 Å². The van der Waals surface area contributed by atoms with Gasteiger partial charge in [0.15, 0.2) is 0 Å². The summed E-state index contributed by atoms with van der Waals surface area (Å²) in [4.78, 5) is 37.6. The predicted octanol–water partition coefficient (Wildman–Crippen LogP) is 4.83. The van der Waals surface area contributed by atoms with Gasteiger partial charge in [-0.05, 0) is 82.3 Å². The van der Waals surface area contributed by atoms with Gasteiger partial charge in [0.25, 0.3) is 11.8 Å². The normalized spacial score (nSPS) is 10.7. The molecule has 0 aliphatic heterocycles. The largest absolute Gasteiger partial charge is 0.507 e. The standard InChI is InChI=1S/C27H29N3O6/c1-15(2)35-24-13-18(27(34)36-16(3)4)7-12-22(24)30-26(33)21-11-10-20(14-23(21)31)29-25(32)17-5-8-19(28)9-6-17/h5-16,31H,28H2,1-4H3,(H,29,32)(H,30,33). The van der Waals surface area contributed by atoms with Crippen LogP contribution in [0.5, 0.6) is 11.5 Å². The van der Waals surface area contributed by atoms with Crippen LogP contribution in [0.25, 0.3) is 0 Å². The Morgan fingerprint density at radius 1 is 0.806 bits per heavy atom. The summed E-state index contributed by atoms with van der Waals surface area (Å²) in [6.07, 6.45) is -0.511. The minimum Gasteiger partial charge on any atom is -0.507 e. The third-order valence-corrected chi connectivity index (χ3v) is 4.84. The van der Waals surface area contributed by atoms with Crippen LogP contribution in [-0.4, -0.2) is 35.1 Å². The molecule has 0 fully saturated rings. The van der Waals surface area contributed by atoms with Crippen molar-refractivity contribution in [3.05, 3.63) is 77.4 Å². The van der Waals surface area contributed by atoms with E-state index in [9.17, 15) is 19.5 Å². The number of carbonyl (C=O) groups excluding carboxylic acids is 3. The highest BCUT2D eigenvalue weighted by Gasteiger charge is 2.18. The van der Waals surface area contributed by atoms with Gasteiger partial charge in [-0.25, -0.2) is 4.79 Å². The quantitative estimate of drug-likeness (QED) is 0.261. The molecule has 3 aromatic rings. The number of nitrogens with one attached hydrogen (secondary N) is 2. The lowest BCUT2D eigenvalue weighted by Gasteiger charge is -2.17. The third-order valence-electron chi connectivity index (χ3n) is 4.84. The summed E-state index contributed by atoms with van der Waals surface area (Å²) in [5.74, 6) is -1.55. The van der Waals surface area contributed by atoms with E-state index >= 15 is 0 Å². The zero-order valence-corrected chi connectivity index (χ0v) is 20.5. The van der Waals surface area contributed by atoms with Crippen molar-refractivity contribution in [3.63, 3.8) is 0 Å². The number of phenolic OH excluding ortho intramolecular Hbond substituents is 1. The fraction of sp³-hybridized carbons (Fsp3) is 0.222. The molecule has 2 amide bonds. The Balaban J connectivity index is 1.77. The van der Waals surface area contributed by atoms with Crippen molar-refractivity contribution >= 4 is 34.8 Å². The molecule has 9 heteroatoms. The van der Waals surface area contributed by atoms with Gasteiger partial charge in [-0.3, -0.25) is 9.59 Å². The van der Waals surface area contributed by atoms with Crippen molar-refractivity contribution in [1.82, 2.24) is 0 Å². The maximum Gasteiger partial charge on any atom is 0.338 e. The third kappa shape index (κ3) is 6.75. The van der Waals surface area contributed by atoms with E-state index in [1.165, 1.54) is 36.4 Å². The monoisotopic (exact) mass is 491 g/mol. The van der Waals surface area contributed by atoms with Crippen molar-refractivity contribution < 1.29 is 29.0 Å². The Morgan fingerprint density at radius 3 is 2.08 bits per heavy atom. The molecule has 36 heavy (non-hydrogen) atoms. The Hall–Kier alpha value is -4.53. The zero-order valence-electron chi connectivity index (χ0n) is 20.5. The number of phenols is 1. The van der Waals surface area contributed by atoms with Crippen molar-refractivity contribution in [2.24, 2.45) is 0 Å². The van der Waals surface area contributed by atoms with Crippen LogP contribution in [-0.2, 0) is 4.74 Å². The van der Waals surface area contributed by atoms with Gasteiger partial charge in [0.2, 0.25) is 0 Å². The number of hydrogen-bond donors (Lipinski definition) is 4. The summed E-state index contributed by atoms with van der Waals surface area (Å²) in [5.41, 5.74) is 7.45. The molecule has 0 atom stereocenters. The topological polar surface area (TPSA) is 140 Å². The summed E-state index contributed by atoms with van der Waals surface area (Å²) in [6.45, 7) is 7.13. The average molecular weight is 492 g/mol. The molecule has 0 spiro atoms. The molecule has 9 nitrogen and oxygen atoms in total. The van der Waals surface area contributed by atoms with Gasteiger partial charge < -0.3 is 30.9 Å². The minimum atomic E-state index is -0.602. The number of nitrogen functional groups attached to an aromatic ring is 1. The molecule has 0 saturated heterocycles. The first kappa shape index (κ1) is 26.1. The number of ether oxygens (including phenoxy) is 2. The molecule has 0 radical (unpaired) electrons. The maximum atomic E-state index is 12.9. The van der Waals surface area contributed by atoms with Gasteiger partial charge in [-0.1, -0.05) is 0 Å². The summed E-state index contributed by atoms with van der Waals surface area (Å²) in [5, 5.41) is 15.8. The Kier molecular flexibility index (Phi) is 8.16. The minimum absolute atomic E-state index is 0.0146. The van der Waals surface area contributed by atoms with Crippen LogP contribution in [0.4, 0.5) is 17.1 Å². The summed E-state index contributed by atoms with van der Waals surface area (Å²) in [6, 6.07) is 15.1. The molecule has 5 N–H and O–H groups in total. The second kappa shape index (κ2) is 11.3. The Morgan fingerprint density at radius 2 is 1.47 bits per heavy atom.